The van der Waals surface area contributed by atoms with E-state index in [0.717, 1.165) is 45.3 Å². The lowest BCUT2D eigenvalue weighted by molar-refractivity contribution is 1.01. The Hall–Kier alpha value is -8.98. The van der Waals surface area contributed by atoms with Crippen LogP contribution in [-0.2, 0) is 0 Å². The van der Waals surface area contributed by atoms with Gasteiger partial charge in [-0.3, -0.25) is 0 Å². The molecule has 11 aromatic rings. The van der Waals surface area contributed by atoms with Gasteiger partial charge in [0, 0.05) is 40.0 Å². The van der Waals surface area contributed by atoms with E-state index in [2.05, 4.69) is 295 Å². The second-order valence-corrected chi connectivity index (χ2v) is 17.7. The average molecular weight is 881 g/mol. The molecule has 0 aromatic heterocycles. The number of anilines is 6. The standard InChI is InChI=1S/C67H48N2/c1-5-15-48(16-6-1)51-25-35-57(36-26-51)68(58-37-27-52(28-38-58)49-17-7-2-8-18-49)59-39-31-54(32-40-59)55-33-43-61(44-34-55)69(60-41-29-53(30-42-60)50-19-9-3-10-20-50)62-45-46-64-63-23-13-14-24-65(63)67(66(64)47-62)56-21-11-4-12-22-56/h1-47,67H. The van der Waals surface area contributed by atoms with Crippen LogP contribution < -0.4 is 9.80 Å². The highest BCUT2D eigenvalue weighted by Gasteiger charge is 2.31. The quantitative estimate of drug-likeness (QED) is 0.128. The molecule has 12 rings (SSSR count). The Morgan fingerprint density at radius 1 is 0.203 bits per heavy atom. The van der Waals surface area contributed by atoms with Gasteiger partial charge in [-0.2, -0.15) is 0 Å². The first-order valence-electron chi connectivity index (χ1n) is 23.8. The molecule has 0 N–H and O–H groups in total. The third-order valence-corrected chi connectivity index (χ3v) is 13.6. The van der Waals surface area contributed by atoms with Gasteiger partial charge >= 0.3 is 0 Å². The molecule has 0 aliphatic heterocycles. The van der Waals surface area contributed by atoms with E-state index in [-0.39, 0.29) is 5.92 Å². The minimum atomic E-state index is 0.156. The minimum Gasteiger partial charge on any atom is -0.311 e. The lowest BCUT2D eigenvalue weighted by Crippen LogP contribution is -2.11. The van der Waals surface area contributed by atoms with Crippen molar-refractivity contribution < 1.29 is 0 Å². The fourth-order valence-electron chi connectivity index (χ4n) is 10.1. The van der Waals surface area contributed by atoms with E-state index < -0.39 is 0 Å². The van der Waals surface area contributed by atoms with Gasteiger partial charge in [-0.15, -0.1) is 0 Å². The second-order valence-electron chi connectivity index (χ2n) is 17.7. The van der Waals surface area contributed by atoms with Crippen LogP contribution >= 0.6 is 0 Å². The fraction of sp³-hybridized carbons (Fsp3) is 0.0149. The Labute approximate surface area is 405 Å². The molecule has 326 valence electrons. The zero-order valence-electron chi connectivity index (χ0n) is 38.1. The number of nitrogens with zero attached hydrogens (tertiary/aromatic N) is 2. The number of rotatable bonds is 11. The van der Waals surface area contributed by atoms with E-state index in [9.17, 15) is 0 Å². The molecule has 0 bridgehead atoms. The first kappa shape index (κ1) is 41.5. The maximum absolute atomic E-state index is 2.42. The Kier molecular flexibility index (Phi) is 11.0. The molecule has 1 aliphatic carbocycles. The zero-order valence-corrected chi connectivity index (χ0v) is 38.1. The summed E-state index contributed by atoms with van der Waals surface area (Å²) >= 11 is 0. The van der Waals surface area contributed by atoms with Crippen molar-refractivity contribution in [2.24, 2.45) is 0 Å². The Morgan fingerprint density at radius 2 is 0.478 bits per heavy atom. The third kappa shape index (κ3) is 8.20. The van der Waals surface area contributed by atoms with Gasteiger partial charge in [0.15, 0.2) is 0 Å². The Balaban J connectivity index is 0.890. The Morgan fingerprint density at radius 3 is 0.855 bits per heavy atom. The fourth-order valence-corrected chi connectivity index (χ4v) is 10.1. The van der Waals surface area contributed by atoms with Gasteiger partial charge in [-0.1, -0.05) is 212 Å². The predicted octanol–water partition coefficient (Wildman–Crippen LogP) is 18.5. The number of benzene rings is 11. The minimum absolute atomic E-state index is 0.156. The summed E-state index contributed by atoms with van der Waals surface area (Å²) in [5.74, 6) is 0.156. The summed E-state index contributed by atoms with van der Waals surface area (Å²) in [5, 5.41) is 0. The van der Waals surface area contributed by atoms with Gasteiger partial charge in [0.05, 0.1) is 0 Å². The third-order valence-electron chi connectivity index (χ3n) is 13.6. The topological polar surface area (TPSA) is 6.48 Å². The maximum atomic E-state index is 2.42. The molecule has 2 nitrogen and oxygen atoms in total. The van der Waals surface area contributed by atoms with Gasteiger partial charge in [-0.05, 0) is 145 Å². The van der Waals surface area contributed by atoms with E-state index in [1.165, 1.54) is 61.2 Å². The Bertz CT molecular complexity index is 3400. The molecule has 69 heavy (non-hydrogen) atoms. The summed E-state index contributed by atoms with van der Waals surface area (Å²) in [4.78, 5) is 4.74. The normalized spacial score (nSPS) is 12.5. The first-order chi connectivity index (χ1) is 34.2. The molecule has 0 spiro atoms. The molecule has 1 aliphatic rings. The monoisotopic (exact) mass is 880 g/mol. The molecule has 0 amide bonds. The second kappa shape index (κ2) is 18.4. The van der Waals surface area contributed by atoms with E-state index in [0.29, 0.717) is 0 Å². The molecule has 0 saturated heterocycles. The zero-order chi connectivity index (χ0) is 45.9. The van der Waals surface area contributed by atoms with Gasteiger partial charge in [0.1, 0.15) is 0 Å². The molecule has 1 atom stereocenters. The van der Waals surface area contributed by atoms with E-state index in [4.69, 9.17) is 0 Å². The summed E-state index contributed by atoms with van der Waals surface area (Å²) < 4.78 is 0. The van der Waals surface area contributed by atoms with E-state index in [1.807, 2.05) is 0 Å². The SMILES string of the molecule is c1ccc(-c2ccc(N(c3ccc(-c4ccccc4)cc3)c3ccc(-c4ccc(N(c5ccc(-c6ccccc6)cc5)c5ccc6c(c5)C(c5ccccc5)c5ccccc5-6)cc4)cc3)cc2)cc1. The summed E-state index contributed by atoms with van der Waals surface area (Å²) in [7, 11) is 0. The van der Waals surface area contributed by atoms with Gasteiger partial charge in [-0.25, -0.2) is 0 Å². The largest absolute Gasteiger partial charge is 0.311 e. The van der Waals surface area contributed by atoms with Crippen molar-refractivity contribution in [3.05, 3.63) is 302 Å². The van der Waals surface area contributed by atoms with Crippen molar-refractivity contribution in [1.82, 2.24) is 0 Å². The van der Waals surface area contributed by atoms with Gasteiger partial charge in [0.25, 0.3) is 0 Å². The van der Waals surface area contributed by atoms with Gasteiger partial charge in [0.2, 0.25) is 0 Å². The highest BCUT2D eigenvalue weighted by atomic mass is 15.1. The highest BCUT2D eigenvalue weighted by molar-refractivity contribution is 5.87. The summed E-state index contributed by atoms with van der Waals surface area (Å²) in [5.41, 5.74) is 22.7. The van der Waals surface area contributed by atoms with Crippen LogP contribution in [0.1, 0.15) is 22.6 Å². The molecule has 0 fully saturated rings. The van der Waals surface area contributed by atoms with Crippen LogP contribution in [0.25, 0.3) is 55.6 Å². The van der Waals surface area contributed by atoms with Crippen molar-refractivity contribution in [2.45, 2.75) is 5.92 Å². The van der Waals surface area contributed by atoms with Crippen LogP contribution in [0.3, 0.4) is 0 Å². The first-order valence-corrected chi connectivity index (χ1v) is 23.8. The number of fused-ring (bicyclic) bond motifs is 3. The molecule has 2 heteroatoms. The van der Waals surface area contributed by atoms with Crippen LogP contribution in [0.15, 0.2) is 285 Å². The highest BCUT2D eigenvalue weighted by Crippen LogP contribution is 2.50. The molecular formula is C67H48N2. The van der Waals surface area contributed by atoms with Crippen LogP contribution in [0.2, 0.25) is 0 Å². The van der Waals surface area contributed by atoms with Gasteiger partial charge < -0.3 is 9.80 Å². The molecular weight excluding hydrogens is 833 g/mol. The van der Waals surface area contributed by atoms with Crippen LogP contribution in [-0.4, -0.2) is 0 Å². The van der Waals surface area contributed by atoms with Crippen molar-refractivity contribution in [3.8, 4) is 55.6 Å². The lowest BCUT2D eigenvalue weighted by Gasteiger charge is -2.27. The van der Waals surface area contributed by atoms with Crippen molar-refractivity contribution in [2.75, 3.05) is 9.80 Å². The van der Waals surface area contributed by atoms with Crippen molar-refractivity contribution >= 4 is 34.1 Å². The summed E-state index contributed by atoms with van der Waals surface area (Å²) in [6.07, 6.45) is 0. The molecule has 0 radical (unpaired) electrons. The van der Waals surface area contributed by atoms with E-state index in [1.54, 1.807) is 0 Å². The average Bonchev–Trinajstić information content (AvgIpc) is 3.77. The molecule has 11 aromatic carbocycles. The molecule has 0 heterocycles. The van der Waals surface area contributed by atoms with E-state index >= 15 is 0 Å². The van der Waals surface area contributed by atoms with Crippen LogP contribution in [0.4, 0.5) is 34.1 Å². The smallest absolute Gasteiger partial charge is 0.0465 e. The number of hydrogen-bond donors (Lipinski definition) is 0. The molecule has 1 unspecified atom stereocenters. The maximum Gasteiger partial charge on any atom is 0.0465 e. The molecule has 0 saturated carbocycles. The summed E-state index contributed by atoms with van der Waals surface area (Å²) in [6, 6.07) is 103. The summed E-state index contributed by atoms with van der Waals surface area (Å²) in [6.45, 7) is 0. The van der Waals surface area contributed by atoms with Crippen LogP contribution in [0, 0.1) is 0 Å². The van der Waals surface area contributed by atoms with Crippen molar-refractivity contribution in [1.29, 1.82) is 0 Å². The predicted molar refractivity (Wildman–Crippen MR) is 290 cm³/mol. The lowest BCUT2D eigenvalue weighted by atomic mass is 9.89. The van der Waals surface area contributed by atoms with Crippen molar-refractivity contribution in [3.63, 3.8) is 0 Å². The number of hydrogen-bond acceptors (Lipinski definition) is 2. The van der Waals surface area contributed by atoms with Crippen LogP contribution in [0.5, 0.6) is 0 Å².